The van der Waals surface area contributed by atoms with E-state index in [1.807, 2.05) is 43.3 Å². The van der Waals surface area contributed by atoms with Gasteiger partial charge in [0.25, 0.3) is 0 Å². The number of aromatic nitrogens is 1. The maximum atomic E-state index is 12.1. The Morgan fingerprint density at radius 3 is 2.66 bits per heavy atom. The molecule has 0 radical (unpaired) electrons. The standard InChI is InChI=1S/C21H22N4O4/c1-13-5-4-6-15(9-13)24-19(26)12-23-21(29)25-18(20(27)28)10-14-11-22-17-8-3-2-7-16(14)17/h2-9,11,18,22H,10,12H2,1H3,(H,24,26)(H,27,28)(H2,23,25,29)/t18-/m1/s1. The van der Waals surface area contributed by atoms with Gasteiger partial charge in [0.15, 0.2) is 0 Å². The third-order valence-corrected chi connectivity index (χ3v) is 4.41. The number of anilines is 1. The van der Waals surface area contributed by atoms with Crippen LogP contribution in [0, 0.1) is 6.92 Å². The molecule has 0 fully saturated rings. The van der Waals surface area contributed by atoms with Crippen LogP contribution < -0.4 is 16.0 Å². The number of H-pyrrole nitrogens is 1. The number of carboxylic acid groups (broad SMARTS) is 1. The minimum atomic E-state index is -1.16. The molecule has 0 saturated heterocycles. The Hall–Kier alpha value is -3.81. The maximum absolute atomic E-state index is 12.1. The molecule has 29 heavy (non-hydrogen) atoms. The van der Waals surface area contributed by atoms with Crippen LogP contribution in [0.4, 0.5) is 10.5 Å². The highest BCUT2D eigenvalue weighted by atomic mass is 16.4. The van der Waals surface area contributed by atoms with Gasteiger partial charge >= 0.3 is 12.0 Å². The number of urea groups is 1. The molecule has 1 atom stereocenters. The minimum absolute atomic E-state index is 0.113. The van der Waals surface area contributed by atoms with E-state index in [0.717, 1.165) is 22.0 Å². The average Bonchev–Trinajstić information content (AvgIpc) is 3.09. The van der Waals surface area contributed by atoms with Gasteiger partial charge in [-0.05, 0) is 36.2 Å². The lowest BCUT2D eigenvalue weighted by Crippen LogP contribution is -2.48. The van der Waals surface area contributed by atoms with Crippen molar-refractivity contribution in [1.82, 2.24) is 15.6 Å². The normalized spacial score (nSPS) is 11.6. The third-order valence-electron chi connectivity index (χ3n) is 4.41. The van der Waals surface area contributed by atoms with Gasteiger partial charge in [-0.3, -0.25) is 4.79 Å². The number of rotatable bonds is 7. The summed E-state index contributed by atoms with van der Waals surface area (Å²) in [4.78, 5) is 38.7. The van der Waals surface area contributed by atoms with Crippen molar-refractivity contribution in [3.8, 4) is 0 Å². The molecule has 5 N–H and O–H groups in total. The highest BCUT2D eigenvalue weighted by Crippen LogP contribution is 2.19. The van der Waals surface area contributed by atoms with Crippen LogP contribution in [0.2, 0.25) is 0 Å². The van der Waals surface area contributed by atoms with E-state index in [-0.39, 0.29) is 13.0 Å². The number of hydrogen-bond donors (Lipinski definition) is 5. The number of hydrogen-bond acceptors (Lipinski definition) is 3. The van der Waals surface area contributed by atoms with Crippen molar-refractivity contribution in [3.63, 3.8) is 0 Å². The van der Waals surface area contributed by atoms with Gasteiger partial charge in [0.2, 0.25) is 5.91 Å². The molecule has 1 aromatic heterocycles. The summed E-state index contributed by atoms with van der Waals surface area (Å²) < 4.78 is 0. The lowest BCUT2D eigenvalue weighted by molar-refractivity contribution is -0.139. The highest BCUT2D eigenvalue weighted by Gasteiger charge is 2.22. The molecule has 0 aliphatic rings. The number of nitrogens with one attached hydrogen (secondary N) is 4. The van der Waals surface area contributed by atoms with Crippen LogP contribution in [0.3, 0.4) is 0 Å². The van der Waals surface area contributed by atoms with E-state index < -0.39 is 23.9 Å². The Balaban J connectivity index is 1.54. The van der Waals surface area contributed by atoms with E-state index in [4.69, 9.17) is 0 Å². The molecule has 0 aliphatic heterocycles. The van der Waals surface area contributed by atoms with Crippen LogP contribution in [0.5, 0.6) is 0 Å². The summed E-state index contributed by atoms with van der Waals surface area (Å²) in [6.45, 7) is 1.63. The van der Waals surface area contributed by atoms with Crippen LogP contribution in [0.25, 0.3) is 10.9 Å². The topological polar surface area (TPSA) is 123 Å². The first-order valence-corrected chi connectivity index (χ1v) is 9.11. The Morgan fingerprint density at radius 1 is 1.10 bits per heavy atom. The predicted octanol–water partition coefficient (Wildman–Crippen LogP) is 2.41. The van der Waals surface area contributed by atoms with Gasteiger partial charge in [-0.25, -0.2) is 9.59 Å². The number of amides is 3. The SMILES string of the molecule is Cc1cccc(NC(=O)CNC(=O)N[C@H](Cc2c[nH]c3ccccc23)C(=O)O)c1. The molecular weight excluding hydrogens is 372 g/mol. The van der Waals surface area contributed by atoms with Crippen molar-refractivity contribution in [2.75, 3.05) is 11.9 Å². The predicted molar refractivity (Wildman–Crippen MR) is 110 cm³/mol. The summed E-state index contributed by atoms with van der Waals surface area (Å²) in [6.07, 6.45) is 1.84. The zero-order valence-corrected chi connectivity index (χ0v) is 15.9. The van der Waals surface area contributed by atoms with E-state index in [9.17, 15) is 19.5 Å². The van der Waals surface area contributed by atoms with Crippen molar-refractivity contribution in [2.24, 2.45) is 0 Å². The van der Waals surface area contributed by atoms with Crippen LogP contribution in [0.15, 0.2) is 54.7 Å². The van der Waals surface area contributed by atoms with Crippen molar-refractivity contribution in [1.29, 1.82) is 0 Å². The van der Waals surface area contributed by atoms with Crippen LogP contribution >= 0.6 is 0 Å². The Bertz CT molecular complexity index is 1040. The molecule has 8 heteroatoms. The fourth-order valence-corrected chi connectivity index (χ4v) is 3.02. The summed E-state index contributed by atoms with van der Waals surface area (Å²) in [6, 6.07) is 12.9. The second-order valence-corrected chi connectivity index (χ2v) is 6.70. The van der Waals surface area contributed by atoms with Gasteiger partial charge in [0, 0.05) is 29.2 Å². The van der Waals surface area contributed by atoms with Crippen molar-refractivity contribution in [3.05, 3.63) is 65.9 Å². The van der Waals surface area contributed by atoms with Crippen molar-refractivity contribution >= 4 is 34.5 Å². The van der Waals surface area contributed by atoms with Gasteiger partial charge in [-0.2, -0.15) is 0 Å². The fraction of sp³-hybridized carbons (Fsp3) is 0.190. The molecule has 0 aliphatic carbocycles. The lowest BCUT2D eigenvalue weighted by atomic mass is 10.1. The zero-order chi connectivity index (χ0) is 20.8. The van der Waals surface area contributed by atoms with Crippen LogP contribution in [-0.2, 0) is 16.0 Å². The number of para-hydroxylation sites is 1. The lowest BCUT2D eigenvalue weighted by Gasteiger charge is -2.15. The molecule has 150 valence electrons. The maximum Gasteiger partial charge on any atom is 0.326 e. The number of benzene rings is 2. The summed E-state index contributed by atoms with van der Waals surface area (Å²) in [7, 11) is 0. The summed E-state index contributed by atoms with van der Waals surface area (Å²) in [5, 5.41) is 17.8. The van der Waals surface area contributed by atoms with Gasteiger partial charge in [-0.15, -0.1) is 0 Å². The summed E-state index contributed by atoms with van der Waals surface area (Å²) in [5.74, 6) is -1.57. The monoisotopic (exact) mass is 394 g/mol. The minimum Gasteiger partial charge on any atom is -0.480 e. The van der Waals surface area contributed by atoms with Gasteiger partial charge < -0.3 is 26.0 Å². The van der Waals surface area contributed by atoms with Gasteiger partial charge in [-0.1, -0.05) is 30.3 Å². The Morgan fingerprint density at radius 2 is 1.90 bits per heavy atom. The number of aromatic amines is 1. The smallest absolute Gasteiger partial charge is 0.326 e. The first kappa shape index (κ1) is 19.9. The number of fused-ring (bicyclic) bond motifs is 1. The molecule has 0 bridgehead atoms. The van der Waals surface area contributed by atoms with E-state index in [2.05, 4.69) is 20.9 Å². The molecule has 3 rings (SSSR count). The second kappa shape index (κ2) is 8.92. The first-order valence-electron chi connectivity index (χ1n) is 9.11. The van der Waals surface area contributed by atoms with E-state index in [0.29, 0.717) is 5.69 Å². The van der Waals surface area contributed by atoms with E-state index in [1.165, 1.54) is 0 Å². The molecule has 1 heterocycles. The number of carboxylic acids is 1. The molecule has 3 amide bonds. The first-order chi connectivity index (χ1) is 13.9. The van der Waals surface area contributed by atoms with Gasteiger partial charge in [0.05, 0.1) is 6.54 Å². The molecule has 0 unspecified atom stereocenters. The largest absolute Gasteiger partial charge is 0.480 e. The molecular formula is C21H22N4O4. The number of carbonyl (C=O) groups excluding carboxylic acids is 2. The summed E-state index contributed by atoms with van der Waals surface area (Å²) >= 11 is 0. The van der Waals surface area contributed by atoms with E-state index in [1.54, 1.807) is 18.3 Å². The van der Waals surface area contributed by atoms with E-state index >= 15 is 0 Å². The second-order valence-electron chi connectivity index (χ2n) is 6.70. The molecule has 0 spiro atoms. The molecule has 2 aromatic carbocycles. The van der Waals surface area contributed by atoms with Crippen LogP contribution in [0.1, 0.15) is 11.1 Å². The highest BCUT2D eigenvalue weighted by molar-refractivity contribution is 5.95. The molecule has 8 nitrogen and oxygen atoms in total. The number of aliphatic carboxylic acids is 1. The third kappa shape index (κ3) is 5.35. The van der Waals surface area contributed by atoms with Crippen molar-refractivity contribution < 1.29 is 19.5 Å². The molecule has 0 saturated carbocycles. The van der Waals surface area contributed by atoms with Gasteiger partial charge in [0.1, 0.15) is 6.04 Å². The van der Waals surface area contributed by atoms with Crippen molar-refractivity contribution in [2.45, 2.75) is 19.4 Å². The summed E-state index contributed by atoms with van der Waals surface area (Å²) in [5.41, 5.74) is 3.30. The molecule has 3 aromatic rings. The quantitative estimate of drug-likeness (QED) is 0.422. The average molecular weight is 394 g/mol. The Kier molecular flexibility index (Phi) is 6.13. The number of aryl methyl sites for hydroxylation is 1. The van der Waals surface area contributed by atoms with Crippen LogP contribution in [-0.4, -0.2) is 40.6 Å². The Labute approximate surface area is 167 Å². The zero-order valence-electron chi connectivity index (χ0n) is 15.9. The fourth-order valence-electron chi connectivity index (χ4n) is 3.02. The number of carbonyl (C=O) groups is 3.